The van der Waals surface area contributed by atoms with Gasteiger partial charge in [0, 0.05) is 5.41 Å². The summed E-state index contributed by atoms with van der Waals surface area (Å²) >= 11 is 0. The van der Waals surface area contributed by atoms with Gasteiger partial charge >= 0.3 is 51.4 Å². The SMILES string of the molecule is CC1(C)C2CCC1(C(=O)C1=CC=C(P=O)C(=O)C1=O)CC2.[KH]. The van der Waals surface area contributed by atoms with Crippen molar-refractivity contribution in [1.82, 2.24) is 0 Å². The fourth-order valence-electron chi connectivity index (χ4n) is 4.45. The molecule has 3 rings (SSSR count). The minimum absolute atomic E-state index is 0. The summed E-state index contributed by atoms with van der Waals surface area (Å²) < 4.78 is 10.8. The number of allylic oxidation sites excluding steroid dienone is 4. The molecule has 0 aliphatic heterocycles. The maximum atomic E-state index is 13.0. The van der Waals surface area contributed by atoms with Gasteiger partial charge in [0.05, 0.1) is 10.9 Å². The minimum atomic E-state index is -0.820. The van der Waals surface area contributed by atoms with Crippen molar-refractivity contribution in [1.29, 1.82) is 0 Å². The Morgan fingerprint density at radius 3 is 2.18 bits per heavy atom. The Kier molecular flexibility index (Phi) is 5.29. The Balaban J connectivity index is 0.00000176. The van der Waals surface area contributed by atoms with E-state index in [0.717, 1.165) is 25.7 Å². The fraction of sp³-hybridized carbons (Fsp3) is 0.562. The van der Waals surface area contributed by atoms with Crippen LogP contribution in [0, 0.1) is 16.7 Å². The number of ketones is 3. The Bertz CT molecular complexity index is 637. The van der Waals surface area contributed by atoms with Crippen LogP contribution in [-0.4, -0.2) is 68.7 Å². The second-order valence-corrected chi connectivity index (χ2v) is 7.45. The van der Waals surface area contributed by atoms with Crippen LogP contribution in [0.2, 0.25) is 0 Å². The summed E-state index contributed by atoms with van der Waals surface area (Å²) in [5.74, 6) is -1.30. The van der Waals surface area contributed by atoms with E-state index in [4.69, 9.17) is 0 Å². The van der Waals surface area contributed by atoms with Crippen LogP contribution in [0.25, 0.3) is 0 Å². The molecule has 3 aliphatic rings. The van der Waals surface area contributed by atoms with Gasteiger partial charge in [0.1, 0.15) is 0 Å². The van der Waals surface area contributed by atoms with Gasteiger partial charge in [0.25, 0.3) is 0 Å². The van der Waals surface area contributed by atoms with E-state index in [2.05, 4.69) is 13.8 Å². The monoisotopic (exact) mass is 344 g/mol. The van der Waals surface area contributed by atoms with Crippen molar-refractivity contribution in [2.45, 2.75) is 39.5 Å². The standard InChI is InChI=1S/C16H17O4P.K.H/c1-15(2)9-5-7-16(15,8-6-9)14(19)10-3-4-11(21-20)13(18)12(10)17;;/h3-4,9H,5-8H2,1-2H3;;. The molecule has 112 valence electrons. The molecular formula is C16H18KO4P. The van der Waals surface area contributed by atoms with E-state index in [1.54, 1.807) is 0 Å². The van der Waals surface area contributed by atoms with Gasteiger partial charge in [-0.15, -0.1) is 0 Å². The molecule has 0 N–H and O–H groups in total. The Morgan fingerprint density at radius 2 is 1.73 bits per heavy atom. The van der Waals surface area contributed by atoms with E-state index in [0.29, 0.717) is 5.92 Å². The van der Waals surface area contributed by atoms with Gasteiger partial charge in [-0.25, -0.2) is 0 Å². The zero-order chi connectivity index (χ0) is 15.4. The molecule has 22 heavy (non-hydrogen) atoms. The molecule has 2 bridgehead atoms. The summed E-state index contributed by atoms with van der Waals surface area (Å²) in [5, 5.41) is -0.0796. The molecule has 2 fully saturated rings. The Labute approximate surface area is 173 Å². The maximum absolute atomic E-state index is 13.0. The molecule has 2 saturated carbocycles. The van der Waals surface area contributed by atoms with Gasteiger partial charge in [-0.1, -0.05) is 13.8 Å². The summed E-state index contributed by atoms with van der Waals surface area (Å²) in [6, 6.07) is 0. The third kappa shape index (κ3) is 2.37. The summed E-state index contributed by atoms with van der Waals surface area (Å²) in [6.07, 6.45) is 6.31. The van der Waals surface area contributed by atoms with Crippen LogP contribution < -0.4 is 0 Å². The number of fused-ring (bicyclic) bond motifs is 2. The molecule has 0 radical (unpaired) electrons. The third-order valence-corrected chi connectivity index (χ3v) is 6.51. The van der Waals surface area contributed by atoms with Gasteiger partial charge in [0.15, 0.2) is 14.2 Å². The molecule has 0 aromatic rings. The van der Waals surface area contributed by atoms with Crippen molar-refractivity contribution in [3.05, 3.63) is 23.0 Å². The second-order valence-electron chi connectivity index (χ2n) is 6.79. The van der Waals surface area contributed by atoms with Crippen molar-refractivity contribution in [3.8, 4) is 0 Å². The molecule has 0 aromatic heterocycles. The molecule has 3 aliphatic carbocycles. The Morgan fingerprint density at radius 1 is 1.14 bits per heavy atom. The summed E-state index contributed by atoms with van der Waals surface area (Å²) in [6.45, 7) is 4.20. The molecule has 0 spiro atoms. The number of carbonyl (C=O) groups is 3. The normalized spacial score (nSPS) is 32.5. The van der Waals surface area contributed by atoms with Gasteiger partial charge < -0.3 is 0 Å². The number of hydrogen-bond acceptors (Lipinski definition) is 4. The topological polar surface area (TPSA) is 68.3 Å². The molecule has 0 amide bonds. The molecule has 0 unspecified atom stereocenters. The zero-order valence-electron chi connectivity index (χ0n) is 12.1. The van der Waals surface area contributed by atoms with Crippen molar-refractivity contribution < 1.29 is 18.9 Å². The van der Waals surface area contributed by atoms with Crippen LogP contribution in [0.5, 0.6) is 0 Å². The van der Waals surface area contributed by atoms with E-state index in [1.165, 1.54) is 12.2 Å². The Hall–Kier alpha value is 0.226. The average molecular weight is 344 g/mol. The first-order valence-electron chi connectivity index (χ1n) is 7.24. The van der Waals surface area contributed by atoms with Crippen molar-refractivity contribution in [2.24, 2.45) is 16.7 Å². The van der Waals surface area contributed by atoms with E-state index in [-0.39, 0.29) is 73.5 Å². The predicted octanol–water partition coefficient (Wildman–Crippen LogP) is 2.38. The van der Waals surface area contributed by atoms with Crippen molar-refractivity contribution in [2.75, 3.05) is 0 Å². The van der Waals surface area contributed by atoms with Crippen LogP contribution in [0.4, 0.5) is 0 Å². The molecule has 6 heteroatoms. The van der Waals surface area contributed by atoms with Gasteiger partial charge in [-0.2, -0.15) is 0 Å². The van der Waals surface area contributed by atoms with Crippen LogP contribution in [0.1, 0.15) is 39.5 Å². The molecule has 0 aromatic carbocycles. The first-order valence-corrected chi connectivity index (χ1v) is 8.05. The molecule has 0 heterocycles. The van der Waals surface area contributed by atoms with Crippen LogP contribution >= 0.6 is 8.46 Å². The number of carbonyl (C=O) groups excluding carboxylic acids is 3. The summed E-state index contributed by atoms with van der Waals surface area (Å²) in [7, 11) is -0.480. The summed E-state index contributed by atoms with van der Waals surface area (Å²) in [5.41, 5.74) is -0.669. The number of Topliss-reactive ketones (excluding diaryl/α,β-unsaturated/α-hetero) is 3. The van der Waals surface area contributed by atoms with Crippen LogP contribution in [0.3, 0.4) is 0 Å². The van der Waals surface area contributed by atoms with Crippen LogP contribution in [0.15, 0.2) is 23.0 Å². The zero-order valence-corrected chi connectivity index (χ0v) is 13.0. The average Bonchev–Trinajstić information content (AvgIpc) is 2.88. The van der Waals surface area contributed by atoms with Gasteiger partial charge in [-0.3, -0.25) is 18.9 Å². The van der Waals surface area contributed by atoms with E-state index in [1.807, 2.05) is 0 Å². The molecular weight excluding hydrogens is 326 g/mol. The second kappa shape index (κ2) is 6.27. The fourth-order valence-corrected chi connectivity index (χ4v) is 4.77. The van der Waals surface area contributed by atoms with Crippen molar-refractivity contribution >= 4 is 77.2 Å². The third-order valence-electron chi connectivity index (χ3n) is 5.96. The molecule has 4 nitrogen and oxygen atoms in total. The van der Waals surface area contributed by atoms with Gasteiger partial charge in [-0.05, 0) is 49.2 Å². The molecule has 0 saturated heterocycles. The number of hydrogen-bond donors (Lipinski definition) is 0. The quantitative estimate of drug-likeness (QED) is 0.259. The summed E-state index contributed by atoms with van der Waals surface area (Å²) in [4.78, 5) is 37.0. The van der Waals surface area contributed by atoms with Crippen molar-refractivity contribution in [3.63, 3.8) is 0 Å². The van der Waals surface area contributed by atoms with E-state index in [9.17, 15) is 18.9 Å². The van der Waals surface area contributed by atoms with Gasteiger partial charge in [0.2, 0.25) is 11.6 Å². The van der Waals surface area contributed by atoms with E-state index >= 15 is 0 Å². The predicted molar refractivity (Wildman–Crippen MR) is 84.1 cm³/mol. The first-order chi connectivity index (χ1) is 9.85. The number of rotatable bonds is 3. The van der Waals surface area contributed by atoms with E-state index < -0.39 is 25.4 Å². The van der Waals surface area contributed by atoms with Crippen LogP contribution in [-0.2, 0) is 18.9 Å². The molecule has 0 atom stereocenters. The first kappa shape index (κ1) is 18.6.